The van der Waals surface area contributed by atoms with Crippen LogP contribution < -0.4 is 5.32 Å². The zero-order valence-electron chi connectivity index (χ0n) is 18.3. The molecule has 0 aromatic heterocycles. The molecule has 3 rings (SSSR count). The summed E-state index contributed by atoms with van der Waals surface area (Å²) in [5.41, 5.74) is 1.71. The van der Waals surface area contributed by atoms with E-state index in [1.54, 1.807) is 30.0 Å². The number of rotatable bonds is 7. The number of esters is 1. The lowest BCUT2D eigenvalue weighted by Crippen LogP contribution is -2.53. The fourth-order valence-electron chi connectivity index (χ4n) is 4.10. The molecule has 1 unspecified atom stereocenters. The highest BCUT2D eigenvalue weighted by Crippen LogP contribution is 2.36. The lowest BCUT2D eigenvalue weighted by atomic mass is 9.94. The summed E-state index contributed by atoms with van der Waals surface area (Å²) < 4.78 is 5.41. The maximum atomic E-state index is 13.1. The Hall–Kier alpha value is -1.80. The van der Waals surface area contributed by atoms with Gasteiger partial charge in [0.15, 0.2) is 0 Å². The standard InChI is InChI=1S/C22H30Cl2N4O3/c1-4-26-9-11-27(12-10-26)14-18-19(21(29)31-6-3)20(25-22(30)28(18)5-2)16-8-7-15(23)13-17(16)24/h7-8,13,20H,4-6,9-12,14H2,1-3H3,(H,25,30). The van der Waals surface area contributed by atoms with E-state index in [9.17, 15) is 9.59 Å². The summed E-state index contributed by atoms with van der Waals surface area (Å²) in [6.45, 7) is 11.7. The summed E-state index contributed by atoms with van der Waals surface area (Å²) in [5.74, 6) is -0.445. The van der Waals surface area contributed by atoms with Gasteiger partial charge in [-0.05, 0) is 38.1 Å². The summed E-state index contributed by atoms with van der Waals surface area (Å²) in [5, 5.41) is 3.82. The van der Waals surface area contributed by atoms with E-state index in [0.717, 1.165) is 32.7 Å². The third kappa shape index (κ3) is 5.34. The Balaban J connectivity index is 2.05. The Kier molecular flexibility index (Phi) is 8.22. The van der Waals surface area contributed by atoms with Crippen LogP contribution in [0.4, 0.5) is 4.79 Å². The number of nitrogens with zero attached hydrogens (tertiary/aromatic N) is 3. The fourth-order valence-corrected chi connectivity index (χ4v) is 4.62. The smallest absolute Gasteiger partial charge is 0.338 e. The minimum atomic E-state index is -0.703. The number of likely N-dealkylation sites (N-methyl/N-ethyl adjacent to an activating group) is 2. The number of carbonyl (C=O) groups excluding carboxylic acids is 2. The van der Waals surface area contributed by atoms with Crippen LogP contribution in [-0.4, -0.2) is 79.1 Å². The molecule has 7 nitrogen and oxygen atoms in total. The van der Waals surface area contributed by atoms with Crippen LogP contribution in [0.5, 0.6) is 0 Å². The van der Waals surface area contributed by atoms with Crippen molar-refractivity contribution in [3.05, 3.63) is 45.1 Å². The lowest BCUT2D eigenvalue weighted by Gasteiger charge is -2.40. The Labute approximate surface area is 193 Å². The summed E-state index contributed by atoms with van der Waals surface area (Å²) in [6, 6.07) is 4.10. The number of urea groups is 1. The van der Waals surface area contributed by atoms with Crippen molar-refractivity contribution in [2.24, 2.45) is 0 Å². The van der Waals surface area contributed by atoms with E-state index in [2.05, 4.69) is 22.0 Å². The molecule has 170 valence electrons. The highest BCUT2D eigenvalue weighted by molar-refractivity contribution is 6.35. The molecule has 2 heterocycles. The molecule has 1 fully saturated rings. The number of benzene rings is 1. The van der Waals surface area contributed by atoms with Gasteiger partial charge in [-0.1, -0.05) is 36.2 Å². The third-order valence-electron chi connectivity index (χ3n) is 5.81. The van der Waals surface area contributed by atoms with Gasteiger partial charge in [0.25, 0.3) is 0 Å². The zero-order valence-corrected chi connectivity index (χ0v) is 19.8. The average Bonchev–Trinajstić information content (AvgIpc) is 2.74. The number of nitrogens with one attached hydrogen (secondary N) is 1. The number of carbonyl (C=O) groups is 2. The van der Waals surface area contributed by atoms with Crippen LogP contribution in [0.2, 0.25) is 10.0 Å². The van der Waals surface area contributed by atoms with Gasteiger partial charge < -0.3 is 15.0 Å². The van der Waals surface area contributed by atoms with Gasteiger partial charge in [0, 0.05) is 55.0 Å². The van der Waals surface area contributed by atoms with E-state index >= 15 is 0 Å². The van der Waals surface area contributed by atoms with E-state index in [1.165, 1.54) is 0 Å². The molecule has 31 heavy (non-hydrogen) atoms. The second kappa shape index (κ2) is 10.7. The highest BCUT2D eigenvalue weighted by Gasteiger charge is 2.39. The minimum Gasteiger partial charge on any atom is -0.463 e. The second-order valence-electron chi connectivity index (χ2n) is 7.58. The van der Waals surface area contributed by atoms with Crippen molar-refractivity contribution in [2.75, 3.05) is 52.4 Å². The van der Waals surface area contributed by atoms with E-state index in [4.69, 9.17) is 27.9 Å². The molecule has 0 bridgehead atoms. The van der Waals surface area contributed by atoms with E-state index < -0.39 is 12.0 Å². The van der Waals surface area contributed by atoms with Gasteiger partial charge in [0.1, 0.15) is 0 Å². The molecular weight excluding hydrogens is 439 g/mol. The molecular formula is C22H30Cl2N4O3. The second-order valence-corrected chi connectivity index (χ2v) is 8.43. The molecule has 0 spiro atoms. The molecule has 2 aliphatic heterocycles. The highest BCUT2D eigenvalue weighted by atomic mass is 35.5. The van der Waals surface area contributed by atoms with Crippen molar-refractivity contribution >= 4 is 35.2 Å². The minimum absolute atomic E-state index is 0.242. The number of ether oxygens (including phenoxy) is 1. The van der Waals surface area contributed by atoms with E-state index in [-0.39, 0.29) is 12.6 Å². The molecule has 1 N–H and O–H groups in total. The van der Waals surface area contributed by atoms with Crippen LogP contribution >= 0.6 is 23.2 Å². The molecule has 1 saturated heterocycles. The molecule has 0 aliphatic carbocycles. The Bertz CT molecular complexity index is 853. The van der Waals surface area contributed by atoms with Gasteiger partial charge in [0.2, 0.25) is 0 Å². The maximum Gasteiger partial charge on any atom is 0.338 e. The van der Waals surface area contributed by atoms with E-state index in [0.29, 0.717) is 40.0 Å². The monoisotopic (exact) mass is 468 g/mol. The first-order chi connectivity index (χ1) is 14.9. The van der Waals surface area contributed by atoms with Gasteiger partial charge in [-0.25, -0.2) is 9.59 Å². The first-order valence-electron chi connectivity index (χ1n) is 10.8. The molecule has 2 aliphatic rings. The SMILES string of the molecule is CCOC(=O)C1=C(CN2CCN(CC)CC2)N(CC)C(=O)NC1c1ccc(Cl)cc1Cl. The van der Waals surface area contributed by atoms with Crippen molar-refractivity contribution in [3.63, 3.8) is 0 Å². The number of hydrogen-bond acceptors (Lipinski definition) is 5. The predicted molar refractivity (Wildman–Crippen MR) is 122 cm³/mol. The summed E-state index contributed by atoms with van der Waals surface area (Å²) in [7, 11) is 0. The van der Waals surface area contributed by atoms with Crippen LogP contribution in [0.3, 0.4) is 0 Å². The Morgan fingerprint density at radius 3 is 2.35 bits per heavy atom. The molecule has 1 aromatic rings. The van der Waals surface area contributed by atoms with Gasteiger partial charge in [-0.3, -0.25) is 9.80 Å². The van der Waals surface area contributed by atoms with Crippen molar-refractivity contribution < 1.29 is 14.3 Å². The third-order valence-corrected chi connectivity index (χ3v) is 6.37. The largest absolute Gasteiger partial charge is 0.463 e. The van der Waals surface area contributed by atoms with Gasteiger partial charge in [-0.15, -0.1) is 0 Å². The molecule has 9 heteroatoms. The first kappa shape index (κ1) is 23.9. The number of amides is 2. The van der Waals surface area contributed by atoms with Crippen molar-refractivity contribution in [3.8, 4) is 0 Å². The van der Waals surface area contributed by atoms with Gasteiger partial charge in [-0.2, -0.15) is 0 Å². The topological polar surface area (TPSA) is 65.1 Å². The molecule has 1 atom stereocenters. The van der Waals surface area contributed by atoms with Crippen molar-refractivity contribution in [1.29, 1.82) is 0 Å². The normalized spacial score (nSPS) is 20.7. The summed E-state index contributed by atoms with van der Waals surface area (Å²) in [6.07, 6.45) is 0. The van der Waals surface area contributed by atoms with Crippen molar-refractivity contribution in [2.45, 2.75) is 26.8 Å². The van der Waals surface area contributed by atoms with E-state index in [1.807, 2.05) is 6.92 Å². The molecule has 0 saturated carbocycles. The number of halogens is 2. The van der Waals surface area contributed by atoms with Gasteiger partial charge in [0.05, 0.1) is 18.2 Å². The van der Waals surface area contributed by atoms with Crippen LogP contribution in [-0.2, 0) is 9.53 Å². The van der Waals surface area contributed by atoms with Crippen LogP contribution in [0.15, 0.2) is 29.5 Å². The fraction of sp³-hybridized carbons (Fsp3) is 0.545. The molecule has 0 radical (unpaired) electrons. The lowest BCUT2D eigenvalue weighted by molar-refractivity contribution is -0.139. The summed E-state index contributed by atoms with van der Waals surface area (Å²) >= 11 is 12.5. The summed E-state index contributed by atoms with van der Waals surface area (Å²) in [4.78, 5) is 32.4. The number of hydrogen-bond donors (Lipinski definition) is 1. The zero-order chi connectivity index (χ0) is 22.5. The molecule has 1 aromatic carbocycles. The van der Waals surface area contributed by atoms with Crippen LogP contribution in [0.1, 0.15) is 32.4 Å². The predicted octanol–water partition coefficient (Wildman–Crippen LogP) is 3.53. The number of piperazine rings is 1. The average molecular weight is 469 g/mol. The first-order valence-corrected chi connectivity index (χ1v) is 11.5. The Morgan fingerprint density at radius 2 is 1.77 bits per heavy atom. The molecule has 2 amide bonds. The van der Waals surface area contributed by atoms with Crippen LogP contribution in [0.25, 0.3) is 0 Å². The van der Waals surface area contributed by atoms with Gasteiger partial charge >= 0.3 is 12.0 Å². The quantitative estimate of drug-likeness (QED) is 0.619. The van der Waals surface area contributed by atoms with Crippen LogP contribution in [0, 0.1) is 0 Å². The maximum absolute atomic E-state index is 13.1. The Morgan fingerprint density at radius 1 is 1.10 bits per heavy atom. The van der Waals surface area contributed by atoms with Crippen molar-refractivity contribution in [1.82, 2.24) is 20.0 Å².